The maximum absolute atomic E-state index is 10.4. The molecular formula is C14H20N2O3. The summed E-state index contributed by atoms with van der Waals surface area (Å²) in [7, 11) is 1.70. The van der Waals surface area contributed by atoms with E-state index in [0.717, 1.165) is 18.6 Å². The van der Waals surface area contributed by atoms with Crippen molar-refractivity contribution in [3.63, 3.8) is 0 Å². The Balaban J connectivity index is 1.72. The summed E-state index contributed by atoms with van der Waals surface area (Å²) < 4.78 is 10.0. The molecule has 1 aliphatic rings. The van der Waals surface area contributed by atoms with Gasteiger partial charge in [-0.3, -0.25) is 0 Å². The van der Waals surface area contributed by atoms with E-state index in [-0.39, 0.29) is 0 Å². The lowest BCUT2D eigenvalue weighted by atomic mass is 9.75. The molecule has 1 aliphatic carbocycles. The molecule has 0 bridgehead atoms. The first-order chi connectivity index (χ1) is 9.20. The van der Waals surface area contributed by atoms with Gasteiger partial charge in [-0.25, -0.2) is 4.79 Å². The molecule has 0 radical (unpaired) electrons. The first-order valence-electron chi connectivity index (χ1n) is 6.49. The molecule has 0 aromatic heterocycles. The summed E-state index contributed by atoms with van der Waals surface area (Å²) in [5, 5.41) is 3.34. The van der Waals surface area contributed by atoms with Crippen LogP contribution in [0.5, 0.6) is 5.75 Å². The number of nitrogens with two attached hydrogens (primary N) is 1. The molecule has 1 fully saturated rings. The lowest BCUT2D eigenvalue weighted by Gasteiger charge is -2.37. The monoisotopic (exact) mass is 264 g/mol. The highest BCUT2D eigenvalue weighted by atomic mass is 16.5. The molecule has 1 saturated carbocycles. The Labute approximate surface area is 113 Å². The minimum Gasteiger partial charge on any atom is -0.496 e. The summed E-state index contributed by atoms with van der Waals surface area (Å²) in [4.78, 5) is 10.4. The Morgan fingerprint density at radius 1 is 1.42 bits per heavy atom. The summed E-state index contributed by atoms with van der Waals surface area (Å²) in [6, 6.07) is 8.62. The Morgan fingerprint density at radius 2 is 2.16 bits per heavy atom. The Morgan fingerprint density at radius 3 is 2.84 bits per heavy atom. The second-order valence-corrected chi connectivity index (χ2v) is 4.73. The average Bonchev–Trinajstić information content (AvgIpc) is 2.36. The van der Waals surface area contributed by atoms with Crippen molar-refractivity contribution in [2.45, 2.75) is 24.8 Å². The van der Waals surface area contributed by atoms with Crippen molar-refractivity contribution >= 4 is 6.09 Å². The third-order valence-corrected chi connectivity index (χ3v) is 3.50. The Kier molecular flexibility index (Phi) is 4.63. The van der Waals surface area contributed by atoms with Gasteiger partial charge in [0, 0.05) is 12.6 Å². The predicted octanol–water partition coefficient (Wildman–Crippen LogP) is 1.63. The number of methoxy groups -OCH3 is 1. The van der Waals surface area contributed by atoms with Crippen LogP contribution in [-0.2, 0) is 4.74 Å². The van der Waals surface area contributed by atoms with Gasteiger partial charge in [0.15, 0.2) is 0 Å². The highest BCUT2D eigenvalue weighted by Crippen LogP contribution is 2.40. The fraction of sp³-hybridized carbons (Fsp3) is 0.500. The zero-order chi connectivity index (χ0) is 13.7. The summed E-state index contributed by atoms with van der Waals surface area (Å²) >= 11 is 0. The van der Waals surface area contributed by atoms with E-state index in [9.17, 15) is 4.79 Å². The Bertz CT molecular complexity index is 430. The van der Waals surface area contributed by atoms with Gasteiger partial charge >= 0.3 is 6.09 Å². The predicted molar refractivity (Wildman–Crippen MR) is 72.3 cm³/mol. The number of rotatable bonds is 6. The van der Waals surface area contributed by atoms with Gasteiger partial charge in [0.05, 0.1) is 7.11 Å². The first-order valence-corrected chi connectivity index (χ1v) is 6.49. The number of ether oxygens (including phenoxy) is 2. The molecule has 3 N–H and O–H groups in total. The molecule has 2 rings (SSSR count). The van der Waals surface area contributed by atoms with E-state index in [1.807, 2.05) is 18.2 Å². The minimum absolute atomic E-state index is 0.325. The Hall–Kier alpha value is -1.75. The van der Waals surface area contributed by atoms with E-state index in [2.05, 4.69) is 16.1 Å². The number of amides is 1. The summed E-state index contributed by atoms with van der Waals surface area (Å²) in [6.07, 6.45) is 1.44. The summed E-state index contributed by atoms with van der Waals surface area (Å²) in [5.41, 5.74) is 6.16. The highest BCUT2D eigenvalue weighted by Gasteiger charge is 2.31. The van der Waals surface area contributed by atoms with Crippen molar-refractivity contribution in [3.8, 4) is 5.75 Å². The first kappa shape index (κ1) is 13.7. The van der Waals surface area contributed by atoms with Crippen molar-refractivity contribution in [2.75, 3.05) is 20.3 Å². The van der Waals surface area contributed by atoms with Crippen LogP contribution in [0, 0.1) is 0 Å². The molecular weight excluding hydrogens is 244 g/mol. The van der Waals surface area contributed by atoms with Gasteiger partial charge in [0.1, 0.15) is 12.4 Å². The van der Waals surface area contributed by atoms with E-state index < -0.39 is 6.09 Å². The van der Waals surface area contributed by atoms with Crippen LogP contribution in [-0.4, -0.2) is 32.4 Å². The maximum atomic E-state index is 10.4. The molecule has 1 aromatic carbocycles. The second kappa shape index (κ2) is 6.43. The lowest BCUT2D eigenvalue weighted by Crippen LogP contribution is -2.41. The number of benzene rings is 1. The van der Waals surface area contributed by atoms with E-state index >= 15 is 0 Å². The van der Waals surface area contributed by atoms with Crippen molar-refractivity contribution < 1.29 is 14.3 Å². The molecule has 0 heterocycles. The van der Waals surface area contributed by atoms with Crippen LogP contribution in [0.3, 0.4) is 0 Å². The van der Waals surface area contributed by atoms with E-state index in [0.29, 0.717) is 25.1 Å². The van der Waals surface area contributed by atoms with Crippen LogP contribution in [0.15, 0.2) is 24.3 Å². The van der Waals surface area contributed by atoms with Gasteiger partial charge in [-0.15, -0.1) is 0 Å². The molecule has 1 amide bonds. The van der Waals surface area contributed by atoms with Crippen LogP contribution < -0.4 is 15.8 Å². The lowest BCUT2D eigenvalue weighted by molar-refractivity contribution is 0.152. The molecule has 0 atom stereocenters. The largest absolute Gasteiger partial charge is 0.496 e. The third kappa shape index (κ3) is 3.61. The van der Waals surface area contributed by atoms with E-state index in [1.54, 1.807) is 7.11 Å². The van der Waals surface area contributed by atoms with Crippen molar-refractivity contribution in [3.05, 3.63) is 29.8 Å². The zero-order valence-electron chi connectivity index (χ0n) is 11.1. The van der Waals surface area contributed by atoms with Crippen molar-refractivity contribution in [1.29, 1.82) is 0 Å². The molecule has 0 aliphatic heterocycles. The summed E-state index contributed by atoms with van der Waals surface area (Å²) in [6.45, 7) is 0.970. The van der Waals surface area contributed by atoms with Gasteiger partial charge in [0.25, 0.3) is 0 Å². The SMILES string of the molecule is COc1ccccc1C1CC(NCCOC(N)=O)C1. The quantitative estimate of drug-likeness (QED) is 0.766. The fourth-order valence-electron chi connectivity index (χ4n) is 2.46. The maximum Gasteiger partial charge on any atom is 0.404 e. The van der Waals surface area contributed by atoms with Gasteiger partial charge in [-0.05, 0) is 30.4 Å². The highest BCUT2D eigenvalue weighted by molar-refractivity contribution is 5.64. The normalized spacial score (nSPS) is 21.5. The second-order valence-electron chi connectivity index (χ2n) is 4.73. The van der Waals surface area contributed by atoms with Gasteiger partial charge < -0.3 is 20.5 Å². The van der Waals surface area contributed by atoms with Crippen LogP contribution in [0.25, 0.3) is 0 Å². The molecule has 0 spiro atoms. The number of para-hydroxylation sites is 1. The number of hydrogen-bond acceptors (Lipinski definition) is 4. The van der Waals surface area contributed by atoms with Gasteiger partial charge in [0.2, 0.25) is 0 Å². The van der Waals surface area contributed by atoms with E-state index in [1.165, 1.54) is 5.56 Å². The minimum atomic E-state index is -0.720. The van der Waals surface area contributed by atoms with Crippen molar-refractivity contribution in [2.24, 2.45) is 5.73 Å². The molecule has 104 valence electrons. The van der Waals surface area contributed by atoms with Crippen LogP contribution in [0.1, 0.15) is 24.3 Å². The molecule has 5 nitrogen and oxygen atoms in total. The zero-order valence-corrected chi connectivity index (χ0v) is 11.1. The molecule has 19 heavy (non-hydrogen) atoms. The molecule has 0 saturated heterocycles. The van der Waals surface area contributed by atoms with E-state index in [4.69, 9.17) is 10.5 Å². The molecule has 1 aromatic rings. The van der Waals surface area contributed by atoms with Crippen LogP contribution in [0.2, 0.25) is 0 Å². The van der Waals surface area contributed by atoms with Gasteiger partial charge in [-0.1, -0.05) is 18.2 Å². The smallest absolute Gasteiger partial charge is 0.404 e. The molecule has 5 heteroatoms. The number of carbonyl (C=O) groups is 1. The summed E-state index contributed by atoms with van der Waals surface area (Å²) in [5.74, 6) is 1.51. The van der Waals surface area contributed by atoms with Crippen molar-refractivity contribution in [1.82, 2.24) is 5.32 Å². The average molecular weight is 264 g/mol. The third-order valence-electron chi connectivity index (χ3n) is 3.50. The molecule has 0 unspecified atom stereocenters. The standard InChI is InChI=1S/C14H20N2O3/c1-18-13-5-3-2-4-12(13)10-8-11(9-10)16-6-7-19-14(15)17/h2-5,10-11,16H,6-9H2,1H3,(H2,15,17). The number of primary amides is 1. The number of hydrogen-bond donors (Lipinski definition) is 2. The van der Waals surface area contributed by atoms with Crippen LogP contribution in [0.4, 0.5) is 4.79 Å². The van der Waals surface area contributed by atoms with Crippen LogP contribution >= 0.6 is 0 Å². The topological polar surface area (TPSA) is 73.6 Å². The number of nitrogens with one attached hydrogen (secondary N) is 1. The van der Waals surface area contributed by atoms with Gasteiger partial charge in [-0.2, -0.15) is 0 Å². The number of carbonyl (C=O) groups excluding carboxylic acids is 1. The fourth-order valence-corrected chi connectivity index (χ4v) is 2.46.